The van der Waals surface area contributed by atoms with Crippen LogP contribution >= 0.6 is 0 Å². The van der Waals surface area contributed by atoms with E-state index >= 15 is 0 Å². The van der Waals surface area contributed by atoms with Crippen LogP contribution in [-0.4, -0.2) is 13.2 Å². The van der Waals surface area contributed by atoms with Crippen molar-refractivity contribution in [3.05, 3.63) is 59.7 Å². The third-order valence-electron chi connectivity index (χ3n) is 3.29. The molecule has 0 amide bonds. The summed E-state index contributed by atoms with van der Waals surface area (Å²) in [6.45, 7) is 1.22. The number of nitrogens with two attached hydrogens (primary N) is 1. The van der Waals surface area contributed by atoms with Gasteiger partial charge in [-0.2, -0.15) is 0 Å². The minimum atomic E-state index is -0.0294. The first-order chi connectivity index (χ1) is 9.33. The number of hydrogen-bond acceptors (Lipinski definition) is 3. The van der Waals surface area contributed by atoms with Gasteiger partial charge in [0.25, 0.3) is 0 Å². The Balaban J connectivity index is 0.00000110. The van der Waals surface area contributed by atoms with Gasteiger partial charge in [0.1, 0.15) is 13.2 Å². The summed E-state index contributed by atoms with van der Waals surface area (Å²) in [6.07, 6.45) is 0.820. The zero-order chi connectivity index (χ0) is 13.1. The van der Waals surface area contributed by atoms with Crippen LogP contribution in [0.1, 0.15) is 18.6 Å². The van der Waals surface area contributed by atoms with Crippen molar-refractivity contribution in [1.82, 2.24) is 0 Å². The molecule has 0 bridgehead atoms. The highest BCUT2D eigenvalue weighted by atomic mass is 35.5. The van der Waals surface area contributed by atoms with E-state index in [9.17, 15) is 0 Å². The summed E-state index contributed by atoms with van der Waals surface area (Å²) in [5.74, 6) is 1.61. The molecule has 0 aromatic heterocycles. The SMILES string of the molecule is NC(Cc1ccccc1)c1ccc2c(c1)OCCO2.[Cl-].[H+]. The van der Waals surface area contributed by atoms with E-state index in [-0.39, 0.29) is 19.9 Å². The number of rotatable bonds is 3. The van der Waals surface area contributed by atoms with Crippen LogP contribution < -0.4 is 27.6 Å². The van der Waals surface area contributed by atoms with E-state index < -0.39 is 0 Å². The van der Waals surface area contributed by atoms with Gasteiger partial charge in [0.05, 0.1) is 0 Å². The molecule has 2 N–H and O–H groups in total. The van der Waals surface area contributed by atoms with Crippen LogP contribution in [0.4, 0.5) is 0 Å². The summed E-state index contributed by atoms with van der Waals surface area (Å²) in [4.78, 5) is 0. The lowest BCUT2D eigenvalue weighted by Crippen LogP contribution is -3.00. The van der Waals surface area contributed by atoms with Crippen LogP contribution in [0.3, 0.4) is 0 Å². The standard InChI is InChI=1S/C16H17NO2.ClH/c17-14(10-12-4-2-1-3-5-12)13-6-7-15-16(11-13)19-9-8-18-15;/h1-7,11,14H,8-10,17H2;1H. The van der Waals surface area contributed by atoms with E-state index in [0.29, 0.717) is 13.2 Å². The van der Waals surface area contributed by atoms with Crippen molar-refractivity contribution in [2.75, 3.05) is 13.2 Å². The Morgan fingerprint density at radius 2 is 1.70 bits per heavy atom. The zero-order valence-electron chi connectivity index (χ0n) is 12.1. The molecule has 0 fully saturated rings. The van der Waals surface area contributed by atoms with Gasteiger partial charge < -0.3 is 27.6 Å². The molecule has 106 valence electrons. The van der Waals surface area contributed by atoms with Gasteiger partial charge >= 0.3 is 1.43 Å². The van der Waals surface area contributed by atoms with Crippen LogP contribution in [0.5, 0.6) is 11.5 Å². The molecule has 3 nitrogen and oxygen atoms in total. The molecular weight excluding hydrogens is 274 g/mol. The zero-order valence-corrected chi connectivity index (χ0v) is 11.8. The predicted octanol–water partition coefficient (Wildman–Crippen LogP) is -0.183. The molecule has 0 aliphatic carbocycles. The first kappa shape index (κ1) is 14.7. The molecule has 4 heteroatoms. The van der Waals surface area contributed by atoms with Crippen molar-refractivity contribution < 1.29 is 23.3 Å². The van der Waals surface area contributed by atoms with Gasteiger partial charge in [-0.3, -0.25) is 0 Å². The van der Waals surface area contributed by atoms with Gasteiger partial charge in [0.15, 0.2) is 11.5 Å². The Morgan fingerprint density at radius 3 is 2.45 bits per heavy atom. The fraction of sp³-hybridized carbons (Fsp3) is 0.250. The highest BCUT2D eigenvalue weighted by Gasteiger charge is 2.14. The van der Waals surface area contributed by atoms with Crippen molar-refractivity contribution in [2.24, 2.45) is 5.73 Å². The molecule has 20 heavy (non-hydrogen) atoms. The second-order valence-electron chi connectivity index (χ2n) is 4.70. The third kappa shape index (κ3) is 3.24. The van der Waals surface area contributed by atoms with Gasteiger partial charge in [0, 0.05) is 6.04 Å². The number of hydrogen-bond donors (Lipinski definition) is 1. The molecule has 1 aliphatic heterocycles. The number of fused-ring (bicyclic) bond motifs is 1. The molecule has 1 aliphatic rings. The van der Waals surface area contributed by atoms with Crippen molar-refractivity contribution in [2.45, 2.75) is 12.5 Å². The summed E-state index contributed by atoms with van der Waals surface area (Å²) in [6, 6.07) is 16.2. The molecule has 0 saturated carbocycles. The lowest BCUT2D eigenvalue weighted by Gasteiger charge is -2.20. The molecule has 2 aromatic rings. The average molecular weight is 292 g/mol. The lowest BCUT2D eigenvalue weighted by molar-refractivity contribution is -0.00000451. The summed E-state index contributed by atoms with van der Waals surface area (Å²) in [5.41, 5.74) is 8.58. The van der Waals surface area contributed by atoms with Crippen LogP contribution in [-0.2, 0) is 6.42 Å². The lowest BCUT2D eigenvalue weighted by atomic mass is 9.99. The Labute approximate surface area is 126 Å². The second kappa shape index (κ2) is 6.64. The quantitative estimate of drug-likeness (QED) is 0.853. The Bertz CT molecular complexity index is 565. The first-order valence-corrected chi connectivity index (χ1v) is 6.52. The number of halogens is 1. The third-order valence-corrected chi connectivity index (χ3v) is 3.29. The Kier molecular flexibility index (Phi) is 4.88. The van der Waals surface area contributed by atoms with E-state index in [4.69, 9.17) is 15.2 Å². The maximum atomic E-state index is 6.26. The summed E-state index contributed by atoms with van der Waals surface area (Å²) >= 11 is 0. The van der Waals surface area contributed by atoms with Crippen molar-refractivity contribution in [3.63, 3.8) is 0 Å². The van der Waals surface area contributed by atoms with Crippen molar-refractivity contribution >= 4 is 0 Å². The normalized spacial score (nSPS) is 14.2. The van der Waals surface area contributed by atoms with Crippen LogP contribution in [0.15, 0.2) is 48.5 Å². The van der Waals surface area contributed by atoms with Gasteiger partial charge in [-0.15, -0.1) is 0 Å². The largest absolute Gasteiger partial charge is 1.00 e. The van der Waals surface area contributed by atoms with E-state index in [2.05, 4.69) is 12.1 Å². The highest BCUT2D eigenvalue weighted by molar-refractivity contribution is 5.44. The van der Waals surface area contributed by atoms with E-state index in [1.54, 1.807) is 0 Å². The summed E-state index contributed by atoms with van der Waals surface area (Å²) in [7, 11) is 0. The predicted molar refractivity (Wildman–Crippen MR) is 75.6 cm³/mol. The van der Waals surface area contributed by atoms with Crippen LogP contribution in [0.2, 0.25) is 0 Å². The molecule has 2 aromatic carbocycles. The average Bonchev–Trinajstić information content (AvgIpc) is 2.48. The number of benzene rings is 2. The molecule has 1 unspecified atom stereocenters. The highest BCUT2D eigenvalue weighted by Crippen LogP contribution is 2.32. The number of ether oxygens (including phenoxy) is 2. The smallest absolute Gasteiger partial charge is 1.00 e. The summed E-state index contributed by atoms with van der Waals surface area (Å²) < 4.78 is 11.1. The molecule has 1 heterocycles. The monoisotopic (exact) mass is 291 g/mol. The molecule has 3 rings (SSSR count). The van der Waals surface area contributed by atoms with Crippen LogP contribution in [0.25, 0.3) is 0 Å². The van der Waals surface area contributed by atoms with E-state index in [1.165, 1.54) is 5.56 Å². The fourth-order valence-corrected chi connectivity index (χ4v) is 2.28. The minimum Gasteiger partial charge on any atom is -1.00 e. The van der Waals surface area contributed by atoms with Gasteiger partial charge in [0.2, 0.25) is 0 Å². The Hall–Kier alpha value is -1.71. The van der Waals surface area contributed by atoms with Crippen molar-refractivity contribution in [3.8, 4) is 11.5 Å². The van der Waals surface area contributed by atoms with E-state index in [0.717, 1.165) is 23.5 Å². The van der Waals surface area contributed by atoms with Gasteiger partial charge in [-0.1, -0.05) is 36.4 Å². The van der Waals surface area contributed by atoms with Crippen LogP contribution in [0, 0.1) is 0 Å². The first-order valence-electron chi connectivity index (χ1n) is 6.52. The van der Waals surface area contributed by atoms with Gasteiger partial charge in [-0.25, -0.2) is 0 Å². The maximum Gasteiger partial charge on any atom is 1.00 e. The Morgan fingerprint density at radius 1 is 1.00 bits per heavy atom. The molecule has 0 spiro atoms. The fourth-order valence-electron chi connectivity index (χ4n) is 2.28. The second-order valence-corrected chi connectivity index (χ2v) is 4.70. The molecule has 0 saturated heterocycles. The molecular formula is C16H18ClNO2. The van der Waals surface area contributed by atoms with E-state index in [1.807, 2.05) is 36.4 Å². The maximum absolute atomic E-state index is 6.26. The topological polar surface area (TPSA) is 44.5 Å². The van der Waals surface area contributed by atoms with Gasteiger partial charge in [-0.05, 0) is 29.7 Å². The van der Waals surface area contributed by atoms with Crippen molar-refractivity contribution in [1.29, 1.82) is 0 Å². The summed E-state index contributed by atoms with van der Waals surface area (Å²) in [5, 5.41) is 0. The molecule has 1 atom stereocenters. The minimum absolute atomic E-state index is 0. The molecule has 0 radical (unpaired) electrons.